The fraction of sp³-hybridized carbons (Fsp3) is 0.455. The summed E-state index contributed by atoms with van der Waals surface area (Å²) in [6.07, 6.45) is 0. The summed E-state index contributed by atoms with van der Waals surface area (Å²) < 4.78 is 0. The highest BCUT2D eigenvalue weighted by Gasteiger charge is 2.06. The van der Waals surface area contributed by atoms with Crippen molar-refractivity contribution in [3.05, 3.63) is 33.8 Å². The summed E-state index contributed by atoms with van der Waals surface area (Å²) in [7, 11) is 0. The van der Waals surface area contributed by atoms with E-state index in [0.717, 1.165) is 33.7 Å². The largest absolute Gasteiger partial charge is 0.330 e. The topological polar surface area (TPSA) is 26.0 Å². The van der Waals surface area contributed by atoms with Gasteiger partial charge in [-0.3, -0.25) is 0 Å². The summed E-state index contributed by atoms with van der Waals surface area (Å²) in [5, 5.41) is 1.49. The Balaban J connectivity index is 2.50. The molecule has 1 aromatic rings. The van der Waals surface area contributed by atoms with Gasteiger partial charge in [0.25, 0.3) is 0 Å². The molecule has 0 fully saturated rings. The number of nitrogens with two attached hydrogens (primary N) is 1. The van der Waals surface area contributed by atoms with Crippen LogP contribution in [-0.2, 0) is 5.75 Å². The first-order valence-electron chi connectivity index (χ1n) is 4.85. The third-order valence-corrected chi connectivity index (χ3v) is 4.12. The molecular formula is C11H15Cl2NS. The number of rotatable bonds is 5. The SMILES string of the molecule is CC(CN)CSCc1c(Cl)cccc1Cl. The van der Waals surface area contributed by atoms with E-state index in [9.17, 15) is 0 Å². The Kier molecular flexibility index (Phi) is 5.83. The lowest BCUT2D eigenvalue weighted by Gasteiger charge is -2.09. The van der Waals surface area contributed by atoms with Crippen LogP contribution in [0.25, 0.3) is 0 Å². The number of halogens is 2. The molecule has 1 rings (SSSR count). The van der Waals surface area contributed by atoms with E-state index < -0.39 is 0 Å². The Hall–Kier alpha value is 0.110. The molecule has 2 N–H and O–H groups in total. The normalized spacial score (nSPS) is 12.8. The zero-order chi connectivity index (χ0) is 11.3. The zero-order valence-electron chi connectivity index (χ0n) is 8.67. The molecule has 0 saturated carbocycles. The summed E-state index contributed by atoms with van der Waals surface area (Å²) in [4.78, 5) is 0. The highest BCUT2D eigenvalue weighted by molar-refractivity contribution is 7.98. The van der Waals surface area contributed by atoms with Crippen LogP contribution in [0.5, 0.6) is 0 Å². The predicted octanol–water partition coefficient (Wildman–Crippen LogP) is 3.82. The van der Waals surface area contributed by atoms with Crippen LogP contribution in [0.4, 0.5) is 0 Å². The average Bonchev–Trinajstić information content (AvgIpc) is 2.22. The first-order chi connectivity index (χ1) is 7.15. The molecule has 1 atom stereocenters. The Bertz CT molecular complexity index is 297. The maximum absolute atomic E-state index is 6.06. The lowest BCUT2D eigenvalue weighted by atomic mass is 10.2. The molecule has 0 aliphatic carbocycles. The van der Waals surface area contributed by atoms with Crippen molar-refractivity contribution in [2.45, 2.75) is 12.7 Å². The number of hydrogen-bond acceptors (Lipinski definition) is 2. The van der Waals surface area contributed by atoms with Gasteiger partial charge in [0, 0.05) is 15.8 Å². The average molecular weight is 264 g/mol. The Labute approximate surface area is 105 Å². The molecular weight excluding hydrogens is 249 g/mol. The first kappa shape index (κ1) is 13.2. The third-order valence-electron chi connectivity index (χ3n) is 2.11. The highest BCUT2D eigenvalue weighted by Crippen LogP contribution is 2.28. The molecule has 15 heavy (non-hydrogen) atoms. The highest BCUT2D eigenvalue weighted by atomic mass is 35.5. The second kappa shape index (κ2) is 6.64. The molecule has 0 spiro atoms. The predicted molar refractivity (Wildman–Crippen MR) is 70.8 cm³/mol. The van der Waals surface area contributed by atoms with Crippen molar-refractivity contribution in [1.82, 2.24) is 0 Å². The quantitative estimate of drug-likeness (QED) is 0.874. The van der Waals surface area contributed by atoms with Crippen LogP contribution in [-0.4, -0.2) is 12.3 Å². The maximum Gasteiger partial charge on any atom is 0.0461 e. The smallest absolute Gasteiger partial charge is 0.0461 e. The van der Waals surface area contributed by atoms with Gasteiger partial charge in [0.1, 0.15) is 0 Å². The molecule has 0 amide bonds. The molecule has 0 radical (unpaired) electrons. The van der Waals surface area contributed by atoms with Gasteiger partial charge in [0.05, 0.1) is 0 Å². The number of benzene rings is 1. The van der Waals surface area contributed by atoms with Crippen LogP contribution in [0.2, 0.25) is 10.0 Å². The summed E-state index contributed by atoms with van der Waals surface area (Å²) >= 11 is 13.9. The molecule has 0 heterocycles. The molecule has 1 aromatic carbocycles. The van der Waals surface area contributed by atoms with Crippen molar-refractivity contribution >= 4 is 35.0 Å². The van der Waals surface area contributed by atoms with Gasteiger partial charge in [0.15, 0.2) is 0 Å². The van der Waals surface area contributed by atoms with E-state index >= 15 is 0 Å². The molecule has 0 aliphatic rings. The second-order valence-corrected chi connectivity index (χ2v) is 5.40. The standard InChI is InChI=1S/C11H15Cl2NS/c1-8(5-14)6-15-7-9-10(12)3-2-4-11(9)13/h2-4,8H,5-7,14H2,1H3. The van der Waals surface area contributed by atoms with Gasteiger partial charge < -0.3 is 5.73 Å². The monoisotopic (exact) mass is 263 g/mol. The Morgan fingerprint density at radius 1 is 1.33 bits per heavy atom. The van der Waals surface area contributed by atoms with Crippen molar-refractivity contribution in [2.24, 2.45) is 11.7 Å². The van der Waals surface area contributed by atoms with Gasteiger partial charge in [0.2, 0.25) is 0 Å². The van der Waals surface area contributed by atoms with Gasteiger partial charge in [-0.1, -0.05) is 36.2 Å². The van der Waals surface area contributed by atoms with Crippen LogP contribution in [0.15, 0.2) is 18.2 Å². The fourth-order valence-corrected chi connectivity index (χ4v) is 2.96. The van der Waals surface area contributed by atoms with Gasteiger partial charge in [-0.25, -0.2) is 0 Å². The Morgan fingerprint density at radius 3 is 2.47 bits per heavy atom. The molecule has 0 bridgehead atoms. The third kappa shape index (κ3) is 4.23. The molecule has 84 valence electrons. The van der Waals surface area contributed by atoms with Crippen LogP contribution in [0.3, 0.4) is 0 Å². The lowest BCUT2D eigenvalue weighted by molar-refractivity contribution is 0.675. The Morgan fingerprint density at radius 2 is 1.93 bits per heavy atom. The van der Waals surface area contributed by atoms with Crippen molar-refractivity contribution in [1.29, 1.82) is 0 Å². The van der Waals surface area contributed by atoms with Crippen LogP contribution < -0.4 is 5.73 Å². The molecule has 1 nitrogen and oxygen atoms in total. The van der Waals surface area contributed by atoms with Gasteiger partial charge >= 0.3 is 0 Å². The van der Waals surface area contributed by atoms with E-state index in [4.69, 9.17) is 28.9 Å². The van der Waals surface area contributed by atoms with E-state index in [0.29, 0.717) is 5.92 Å². The van der Waals surface area contributed by atoms with E-state index in [-0.39, 0.29) is 0 Å². The minimum absolute atomic E-state index is 0.538. The molecule has 0 saturated heterocycles. The minimum Gasteiger partial charge on any atom is -0.330 e. The number of thioether (sulfide) groups is 1. The van der Waals surface area contributed by atoms with Crippen molar-refractivity contribution in [3.8, 4) is 0 Å². The first-order valence-corrected chi connectivity index (χ1v) is 6.77. The van der Waals surface area contributed by atoms with Crippen LogP contribution in [0, 0.1) is 5.92 Å². The fourth-order valence-electron chi connectivity index (χ4n) is 1.10. The van der Waals surface area contributed by atoms with Gasteiger partial charge in [-0.2, -0.15) is 11.8 Å². The van der Waals surface area contributed by atoms with Crippen molar-refractivity contribution in [3.63, 3.8) is 0 Å². The van der Waals surface area contributed by atoms with Gasteiger partial charge in [-0.15, -0.1) is 0 Å². The van der Waals surface area contributed by atoms with E-state index in [1.165, 1.54) is 0 Å². The summed E-state index contributed by atoms with van der Waals surface area (Å²) in [5.41, 5.74) is 6.57. The summed E-state index contributed by atoms with van der Waals surface area (Å²) in [5.74, 6) is 2.43. The second-order valence-electron chi connectivity index (χ2n) is 3.56. The zero-order valence-corrected chi connectivity index (χ0v) is 11.0. The molecule has 4 heteroatoms. The van der Waals surface area contributed by atoms with E-state index in [2.05, 4.69) is 6.92 Å². The summed E-state index contributed by atoms with van der Waals surface area (Å²) in [6, 6.07) is 5.60. The molecule has 0 aliphatic heterocycles. The molecule has 1 unspecified atom stereocenters. The van der Waals surface area contributed by atoms with E-state index in [1.807, 2.05) is 30.0 Å². The minimum atomic E-state index is 0.538. The maximum atomic E-state index is 6.06. The van der Waals surface area contributed by atoms with Crippen LogP contribution in [0.1, 0.15) is 12.5 Å². The van der Waals surface area contributed by atoms with E-state index in [1.54, 1.807) is 0 Å². The van der Waals surface area contributed by atoms with Crippen molar-refractivity contribution in [2.75, 3.05) is 12.3 Å². The van der Waals surface area contributed by atoms with Crippen molar-refractivity contribution < 1.29 is 0 Å². The summed E-state index contributed by atoms with van der Waals surface area (Å²) in [6.45, 7) is 2.87. The number of hydrogen-bond donors (Lipinski definition) is 1. The molecule has 0 aromatic heterocycles. The van der Waals surface area contributed by atoms with Gasteiger partial charge in [-0.05, 0) is 35.9 Å². The van der Waals surface area contributed by atoms with Crippen LogP contribution >= 0.6 is 35.0 Å². The lowest BCUT2D eigenvalue weighted by Crippen LogP contribution is -2.12.